The first-order valence-electron chi connectivity index (χ1n) is 8.38. The average Bonchev–Trinajstić information content (AvgIpc) is 3.33. The van der Waals surface area contributed by atoms with E-state index in [4.69, 9.17) is 0 Å². The molecule has 3 rings (SSSR count). The third-order valence-electron chi connectivity index (χ3n) is 5.09. The summed E-state index contributed by atoms with van der Waals surface area (Å²) in [5.41, 5.74) is 3.00. The van der Waals surface area contributed by atoms with E-state index in [0.29, 0.717) is 18.0 Å². The summed E-state index contributed by atoms with van der Waals surface area (Å²) in [7, 11) is 0. The van der Waals surface area contributed by atoms with Gasteiger partial charge in [0.25, 0.3) is 5.91 Å². The highest BCUT2D eigenvalue weighted by Gasteiger charge is 2.32. The smallest absolute Gasteiger partial charge is 0.407 e. The van der Waals surface area contributed by atoms with Gasteiger partial charge in [-0.3, -0.25) is 4.79 Å². The van der Waals surface area contributed by atoms with E-state index >= 15 is 0 Å². The largest absolute Gasteiger partial charge is 0.465 e. The normalized spacial score (nSPS) is 24.3. The molecule has 0 spiro atoms. The molecule has 23 heavy (non-hydrogen) atoms. The van der Waals surface area contributed by atoms with Gasteiger partial charge in [0.2, 0.25) is 0 Å². The lowest BCUT2D eigenvalue weighted by Crippen LogP contribution is -2.55. The molecule has 1 aliphatic heterocycles. The van der Waals surface area contributed by atoms with Crippen molar-refractivity contribution in [1.29, 1.82) is 0 Å². The average molecular weight is 316 g/mol. The number of amides is 2. The van der Waals surface area contributed by atoms with E-state index in [-0.39, 0.29) is 18.0 Å². The number of rotatable bonds is 3. The molecule has 2 atom stereocenters. The van der Waals surface area contributed by atoms with E-state index in [2.05, 4.69) is 11.4 Å². The highest BCUT2D eigenvalue weighted by Crippen LogP contribution is 2.40. The number of piperidine rings is 1. The van der Waals surface area contributed by atoms with Gasteiger partial charge in [0.05, 0.1) is 6.04 Å². The van der Waals surface area contributed by atoms with Crippen molar-refractivity contribution in [3.05, 3.63) is 34.9 Å². The fourth-order valence-electron chi connectivity index (χ4n) is 3.46. The Morgan fingerprint density at radius 3 is 2.61 bits per heavy atom. The molecule has 1 aliphatic carbocycles. The van der Waals surface area contributed by atoms with E-state index in [1.807, 2.05) is 26.0 Å². The molecule has 1 saturated heterocycles. The standard InChI is InChI=1S/C18H24N2O3/c1-11-10-14(13-5-6-13)7-8-15(11)17(21)19-16-4-3-9-20(12(16)2)18(22)23/h7-8,10,12-13,16H,3-6,9H2,1-2H3,(H,19,21)(H,22,23)/t12-,16-/m1/s1. The first-order valence-corrected chi connectivity index (χ1v) is 8.38. The van der Waals surface area contributed by atoms with Gasteiger partial charge in [0.15, 0.2) is 0 Å². The van der Waals surface area contributed by atoms with Crippen molar-refractivity contribution in [3.8, 4) is 0 Å². The molecule has 0 radical (unpaired) electrons. The zero-order valence-corrected chi connectivity index (χ0v) is 13.7. The molecular formula is C18H24N2O3. The molecule has 5 nitrogen and oxygen atoms in total. The number of carbonyl (C=O) groups is 2. The maximum Gasteiger partial charge on any atom is 0.407 e. The quantitative estimate of drug-likeness (QED) is 0.900. The molecule has 2 fully saturated rings. The second-order valence-electron chi connectivity index (χ2n) is 6.79. The fourth-order valence-corrected chi connectivity index (χ4v) is 3.46. The van der Waals surface area contributed by atoms with Crippen molar-refractivity contribution in [2.45, 2.75) is 57.5 Å². The number of hydrogen-bond acceptors (Lipinski definition) is 2. The molecule has 0 unspecified atom stereocenters. The summed E-state index contributed by atoms with van der Waals surface area (Å²) >= 11 is 0. The predicted molar refractivity (Wildman–Crippen MR) is 87.8 cm³/mol. The minimum atomic E-state index is -0.915. The number of carbonyl (C=O) groups excluding carboxylic acids is 1. The van der Waals surface area contributed by atoms with Gasteiger partial charge in [-0.1, -0.05) is 12.1 Å². The number of carboxylic acid groups (broad SMARTS) is 1. The van der Waals surface area contributed by atoms with Crippen LogP contribution in [-0.2, 0) is 0 Å². The van der Waals surface area contributed by atoms with E-state index < -0.39 is 6.09 Å². The van der Waals surface area contributed by atoms with Crippen molar-refractivity contribution < 1.29 is 14.7 Å². The topological polar surface area (TPSA) is 69.6 Å². The lowest BCUT2D eigenvalue weighted by molar-refractivity contribution is 0.0788. The molecule has 2 N–H and O–H groups in total. The molecule has 1 heterocycles. The summed E-state index contributed by atoms with van der Waals surface area (Å²) in [4.78, 5) is 25.2. The van der Waals surface area contributed by atoms with Crippen LogP contribution < -0.4 is 5.32 Å². The van der Waals surface area contributed by atoms with E-state index in [1.54, 1.807) is 0 Å². The summed E-state index contributed by atoms with van der Waals surface area (Å²) in [5, 5.41) is 12.3. The summed E-state index contributed by atoms with van der Waals surface area (Å²) in [6, 6.07) is 5.74. The van der Waals surface area contributed by atoms with Gasteiger partial charge < -0.3 is 15.3 Å². The van der Waals surface area contributed by atoms with Crippen molar-refractivity contribution >= 4 is 12.0 Å². The van der Waals surface area contributed by atoms with Crippen LogP contribution in [-0.4, -0.2) is 40.6 Å². The molecule has 5 heteroatoms. The Labute approximate surface area is 136 Å². The summed E-state index contributed by atoms with van der Waals surface area (Å²) < 4.78 is 0. The Kier molecular flexibility index (Phi) is 4.28. The maximum absolute atomic E-state index is 12.6. The Balaban J connectivity index is 1.69. The van der Waals surface area contributed by atoms with Crippen LogP contribution in [0.15, 0.2) is 18.2 Å². The highest BCUT2D eigenvalue weighted by atomic mass is 16.4. The molecule has 1 saturated carbocycles. The first-order chi connectivity index (χ1) is 11.0. The monoisotopic (exact) mass is 316 g/mol. The molecule has 124 valence electrons. The minimum Gasteiger partial charge on any atom is -0.465 e. The SMILES string of the molecule is Cc1cc(C2CC2)ccc1C(=O)N[C@@H]1CCCN(C(=O)O)[C@@H]1C. The third kappa shape index (κ3) is 3.33. The van der Waals surface area contributed by atoms with Crippen LogP contribution >= 0.6 is 0 Å². The number of nitrogens with zero attached hydrogens (tertiary/aromatic N) is 1. The fraction of sp³-hybridized carbons (Fsp3) is 0.556. The lowest BCUT2D eigenvalue weighted by Gasteiger charge is -2.38. The molecule has 1 aromatic rings. The maximum atomic E-state index is 12.6. The van der Waals surface area contributed by atoms with E-state index in [1.165, 1.54) is 23.3 Å². The van der Waals surface area contributed by atoms with Crippen LogP contribution in [0.25, 0.3) is 0 Å². The van der Waals surface area contributed by atoms with Gasteiger partial charge in [-0.2, -0.15) is 0 Å². The Hall–Kier alpha value is -2.04. The van der Waals surface area contributed by atoms with Crippen LogP contribution in [0.1, 0.15) is 60.0 Å². The number of likely N-dealkylation sites (tertiary alicyclic amines) is 1. The van der Waals surface area contributed by atoms with Crippen molar-refractivity contribution in [2.24, 2.45) is 0 Å². The number of benzene rings is 1. The summed E-state index contributed by atoms with van der Waals surface area (Å²) in [6.45, 7) is 4.37. The molecule has 1 aromatic carbocycles. The molecule has 2 aliphatic rings. The Morgan fingerprint density at radius 1 is 1.26 bits per heavy atom. The predicted octanol–water partition coefficient (Wildman–Crippen LogP) is 3.13. The van der Waals surface area contributed by atoms with Crippen LogP contribution in [0.3, 0.4) is 0 Å². The van der Waals surface area contributed by atoms with E-state index in [9.17, 15) is 14.7 Å². The first kappa shape index (κ1) is 15.8. The van der Waals surface area contributed by atoms with Gasteiger partial charge in [-0.05, 0) is 62.6 Å². The Bertz CT molecular complexity index is 625. The molecular weight excluding hydrogens is 292 g/mol. The summed E-state index contributed by atoms with van der Waals surface area (Å²) in [5.74, 6) is 0.572. The minimum absolute atomic E-state index is 0.103. The molecule has 2 amide bonds. The van der Waals surface area contributed by atoms with Crippen molar-refractivity contribution in [2.75, 3.05) is 6.54 Å². The Morgan fingerprint density at radius 2 is 2.00 bits per heavy atom. The molecule has 0 aromatic heterocycles. The van der Waals surface area contributed by atoms with Gasteiger partial charge >= 0.3 is 6.09 Å². The van der Waals surface area contributed by atoms with E-state index in [0.717, 1.165) is 18.4 Å². The van der Waals surface area contributed by atoms with Crippen LogP contribution in [0.5, 0.6) is 0 Å². The van der Waals surface area contributed by atoms with Gasteiger partial charge in [-0.25, -0.2) is 4.79 Å². The third-order valence-corrected chi connectivity index (χ3v) is 5.09. The summed E-state index contributed by atoms with van der Waals surface area (Å²) in [6.07, 6.45) is 3.17. The highest BCUT2D eigenvalue weighted by molar-refractivity contribution is 5.96. The second-order valence-corrected chi connectivity index (χ2v) is 6.79. The number of hydrogen-bond donors (Lipinski definition) is 2. The van der Waals surface area contributed by atoms with Crippen LogP contribution in [0, 0.1) is 6.92 Å². The zero-order valence-electron chi connectivity index (χ0n) is 13.7. The number of aryl methyl sites for hydroxylation is 1. The van der Waals surface area contributed by atoms with Crippen molar-refractivity contribution in [1.82, 2.24) is 10.2 Å². The van der Waals surface area contributed by atoms with Crippen LogP contribution in [0.4, 0.5) is 4.79 Å². The van der Waals surface area contributed by atoms with Gasteiger partial charge in [-0.15, -0.1) is 0 Å². The van der Waals surface area contributed by atoms with Crippen LogP contribution in [0.2, 0.25) is 0 Å². The van der Waals surface area contributed by atoms with Gasteiger partial charge in [0.1, 0.15) is 0 Å². The number of nitrogens with one attached hydrogen (secondary N) is 1. The van der Waals surface area contributed by atoms with Crippen molar-refractivity contribution in [3.63, 3.8) is 0 Å². The zero-order chi connectivity index (χ0) is 16.6. The second kappa shape index (κ2) is 6.22. The van der Waals surface area contributed by atoms with Gasteiger partial charge in [0, 0.05) is 18.2 Å². The molecule has 0 bridgehead atoms. The lowest BCUT2D eigenvalue weighted by atomic mass is 9.96.